The first-order valence-electron chi connectivity index (χ1n) is 7.82. The summed E-state index contributed by atoms with van der Waals surface area (Å²) >= 11 is 0. The van der Waals surface area contributed by atoms with Crippen molar-refractivity contribution in [3.63, 3.8) is 0 Å². The Kier molecular flexibility index (Phi) is 3.81. The Labute approximate surface area is 147 Å². The zero-order chi connectivity index (χ0) is 18.1. The monoisotopic (exact) mass is 348 g/mol. The van der Waals surface area contributed by atoms with Gasteiger partial charge in [-0.05, 0) is 35.9 Å². The Hall–Kier alpha value is -3.74. The van der Waals surface area contributed by atoms with Gasteiger partial charge in [0, 0.05) is 17.4 Å². The molecule has 0 aliphatic carbocycles. The zero-order valence-corrected chi connectivity index (χ0v) is 13.4. The van der Waals surface area contributed by atoms with Crippen LogP contribution in [0.25, 0.3) is 22.2 Å². The summed E-state index contributed by atoms with van der Waals surface area (Å²) in [6, 6.07) is 17.0. The average molecular weight is 348 g/mol. The summed E-state index contributed by atoms with van der Waals surface area (Å²) in [7, 11) is 0. The van der Waals surface area contributed by atoms with Gasteiger partial charge in [0.25, 0.3) is 0 Å². The van der Waals surface area contributed by atoms with Crippen LogP contribution in [-0.2, 0) is 0 Å². The molecule has 0 amide bonds. The molecule has 4 rings (SSSR count). The van der Waals surface area contributed by atoms with Crippen molar-refractivity contribution in [2.75, 3.05) is 5.32 Å². The van der Waals surface area contributed by atoms with Crippen molar-refractivity contribution in [2.24, 2.45) is 0 Å². The summed E-state index contributed by atoms with van der Waals surface area (Å²) in [6.45, 7) is 0. The molecule has 0 radical (unpaired) electrons. The van der Waals surface area contributed by atoms with Crippen LogP contribution in [0, 0.1) is 5.82 Å². The van der Waals surface area contributed by atoms with Crippen LogP contribution in [0.5, 0.6) is 0 Å². The van der Waals surface area contributed by atoms with Crippen molar-refractivity contribution >= 4 is 22.5 Å². The lowest BCUT2D eigenvalue weighted by Crippen LogP contribution is -2.23. The second-order valence-electron chi connectivity index (χ2n) is 5.61. The lowest BCUT2D eigenvalue weighted by atomic mass is 10.0. The number of pyridine rings is 1. The maximum absolute atomic E-state index is 13.9. The van der Waals surface area contributed by atoms with E-state index in [0.717, 1.165) is 5.56 Å². The second-order valence-corrected chi connectivity index (χ2v) is 5.61. The third kappa shape index (κ3) is 2.75. The molecule has 4 aromatic rings. The minimum atomic E-state index is -0.832. The molecule has 26 heavy (non-hydrogen) atoms. The highest BCUT2D eigenvalue weighted by Gasteiger charge is 2.11. The Balaban J connectivity index is 1.71. The largest absolute Gasteiger partial charge is 0.422 e. The molecule has 0 aliphatic rings. The average Bonchev–Trinajstić information content (AvgIpc) is 2.67. The molecule has 0 unspecified atom stereocenters. The first-order chi connectivity index (χ1) is 12.6. The van der Waals surface area contributed by atoms with Crippen LogP contribution in [0.1, 0.15) is 0 Å². The summed E-state index contributed by atoms with van der Waals surface area (Å²) in [5, 5.41) is 13.3. The maximum Gasteiger partial charge on any atom is 0.384 e. The molecule has 0 saturated carbocycles. The number of nitrogens with one attached hydrogen (secondary N) is 1. The van der Waals surface area contributed by atoms with Crippen LogP contribution in [0.3, 0.4) is 0 Å². The summed E-state index contributed by atoms with van der Waals surface area (Å²) in [6.07, 6.45) is 1.47. The predicted molar refractivity (Wildman–Crippen MR) is 96.1 cm³/mol. The summed E-state index contributed by atoms with van der Waals surface area (Å²) < 4.78 is 14.3. The summed E-state index contributed by atoms with van der Waals surface area (Å²) in [5.74, 6) is -0.0134. The zero-order valence-electron chi connectivity index (χ0n) is 13.4. The molecule has 2 aromatic heterocycles. The fourth-order valence-corrected chi connectivity index (χ4v) is 2.70. The Morgan fingerprint density at radius 2 is 1.77 bits per heavy atom. The van der Waals surface area contributed by atoms with Crippen LogP contribution in [0.15, 0.2) is 71.7 Å². The molecule has 0 spiro atoms. The van der Waals surface area contributed by atoms with Gasteiger partial charge in [-0.1, -0.05) is 30.3 Å². The van der Waals surface area contributed by atoms with Crippen molar-refractivity contribution in [2.45, 2.75) is 0 Å². The van der Waals surface area contributed by atoms with E-state index in [1.165, 1.54) is 12.3 Å². The molecule has 0 atom stereocenters. The van der Waals surface area contributed by atoms with E-state index in [1.807, 2.05) is 0 Å². The number of hydrogen-bond donors (Lipinski definition) is 2. The molecule has 0 fully saturated rings. The lowest BCUT2D eigenvalue weighted by molar-refractivity contribution is 0.182. The van der Waals surface area contributed by atoms with Crippen molar-refractivity contribution < 1.29 is 9.60 Å². The molecular formula is C19H13FN4O2. The number of rotatable bonds is 3. The topological polar surface area (TPSA) is 80.0 Å². The Morgan fingerprint density at radius 3 is 2.54 bits per heavy atom. The molecule has 2 heterocycles. The predicted octanol–water partition coefficient (Wildman–Crippen LogP) is 3.58. The second kappa shape index (κ2) is 6.29. The van der Waals surface area contributed by atoms with E-state index in [1.54, 1.807) is 54.6 Å². The third-order valence-corrected chi connectivity index (χ3v) is 3.96. The highest BCUT2D eigenvalue weighted by Crippen LogP contribution is 2.26. The van der Waals surface area contributed by atoms with Crippen molar-refractivity contribution in [1.82, 2.24) is 14.7 Å². The number of anilines is 2. The van der Waals surface area contributed by atoms with Crippen LogP contribution in [0.4, 0.5) is 15.9 Å². The molecule has 0 aliphatic heterocycles. The molecule has 7 heteroatoms. The molecule has 6 nitrogen and oxygen atoms in total. The van der Waals surface area contributed by atoms with Gasteiger partial charge in [0.2, 0.25) is 0 Å². The van der Waals surface area contributed by atoms with Gasteiger partial charge in [-0.3, -0.25) is 0 Å². The Morgan fingerprint density at radius 1 is 1.00 bits per heavy atom. The first kappa shape index (κ1) is 15.8. The summed E-state index contributed by atoms with van der Waals surface area (Å²) in [5.41, 5.74) is 1.19. The quantitative estimate of drug-likeness (QED) is 0.553. The number of hydrogen-bond acceptors (Lipinski definition) is 5. The van der Waals surface area contributed by atoms with Gasteiger partial charge < -0.3 is 10.5 Å². The van der Waals surface area contributed by atoms with E-state index in [-0.39, 0.29) is 17.3 Å². The van der Waals surface area contributed by atoms with E-state index in [4.69, 9.17) is 0 Å². The highest BCUT2D eigenvalue weighted by molar-refractivity contribution is 5.88. The first-order valence-corrected chi connectivity index (χ1v) is 7.82. The van der Waals surface area contributed by atoms with E-state index in [2.05, 4.69) is 15.3 Å². The fourth-order valence-electron chi connectivity index (χ4n) is 2.70. The van der Waals surface area contributed by atoms with Crippen LogP contribution in [0.2, 0.25) is 0 Å². The maximum atomic E-state index is 13.9. The molecular weight excluding hydrogens is 335 g/mol. The van der Waals surface area contributed by atoms with E-state index in [0.29, 0.717) is 21.4 Å². The molecule has 2 N–H and O–H groups in total. The normalized spacial score (nSPS) is 10.8. The van der Waals surface area contributed by atoms with Crippen LogP contribution >= 0.6 is 0 Å². The van der Waals surface area contributed by atoms with E-state index < -0.39 is 5.69 Å². The van der Waals surface area contributed by atoms with Crippen molar-refractivity contribution in [1.29, 1.82) is 0 Å². The molecule has 2 aromatic carbocycles. The fraction of sp³-hybridized carbons (Fsp3) is 0. The van der Waals surface area contributed by atoms with Crippen molar-refractivity contribution in [3.8, 4) is 11.1 Å². The van der Waals surface area contributed by atoms with Gasteiger partial charge in [0.05, 0.1) is 5.39 Å². The molecule has 0 bridgehead atoms. The number of aromatic nitrogens is 3. The van der Waals surface area contributed by atoms with Crippen LogP contribution < -0.4 is 11.0 Å². The molecule has 128 valence electrons. The van der Waals surface area contributed by atoms with Gasteiger partial charge in [0.15, 0.2) is 5.65 Å². The van der Waals surface area contributed by atoms with E-state index in [9.17, 15) is 14.4 Å². The van der Waals surface area contributed by atoms with Crippen LogP contribution in [-0.4, -0.2) is 19.9 Å². The highest BCUT2D eigenvalue weighted by atomic mass is 19.1. The number of benzene rings is 2. The smallest absolute Gasteiger partial charge is 0.384 e. The molecule has 0 saturated heterocycles. The lowest BCUT2D eigenvalue weighted by Gasteiger charge is -2.10. The Bertz CT molecular complexity index is 1160. The van der Waals surface area contributed by atoms with Crippen molar-refractivity contribution in [3.05, 3.63) is 83.2 Å². The summed E-state index contributed by atoms with van der Waals surface area (Å²) in [4.78, 5) is 19.6. The van der Waals surface area contributed by atoms with Gasteiger partial charge in [0.1, 0.15) is 11.6 Å². The number of halogens is 1. The van der Waals surface area contributed by atoms with Gasteiger partial charge in [-0.15, -0.1) is 4.73 Å². The minimum absolute atomic E-state index is 0.109. The number of fused-ring (bicyclic) bond motifs is 1. The van der Waals surface area contributed by atoms with Gasteiger partial charge >= 0.3 is 5.69 Å². The van der Waals surface area contributed by atoms with Gasteiger partial charge in [-0.25, -0.2) is 14.2 Å². The minimum Gasteiger partial charge on any atom is -0.422 e. The van der Waals surface area contributed by atoms with Gasteiger partial charge in [-0.2, -0.15) is 4.98 Å². The number of nitrogens with zero attached hydrogens (tertiary/aromatic N) is 3. The standard InChI is InChI=1S/C19H13FN4O2/c20-16-6-2-1-4-14(16)12-7-9-13(10-8-12)22-17-15-5-3-11-21-18(15)24(26)19(25)23-17/h1-11,26H,(H,22,23,25). The third-order valence-electron chi connectivity index (χ3n) is 3.96. The SMILES string of the molecule is O=c1nc(Nc2ccc(-c3ccccc3F)cc2)c2cccnc2n1O. The van der Waals surface area contributed by atoms with E-state index >= 15 is 0 Å².